The van der Waals surface area contributed by atoms with E-state index in [0.29, 0.717) is 6.04 Å². The van der Waals surface area contributed by atoms with Gasteiger partial charge in [0, 0.05) is 10.9 Å². The summed E-state index contributed by atoms with van der Waals surface area (Å²) in [6, 6.07) is 4.87. The van der Waals surface area contributed by atoms with Crippen molar-refractivity contribution >= 4 is 27.3 Å². The second kappa shape index (κ2) is 7.20. The van der Waals surface area contributed by atoms with Gasteiger partial charge in [-0.15, -0.1) is 11.3 Å². The van der Waals surface area contributed by atoms with Crippen LogP contribution in [0.1, 0.15) is 25.1 Å². The van der Waals surface area contributed by atoms with Gasteiger partial charge in [0.05, 0.1) is 3.79 Å². The van der Waals surface area contributed by atoms with E-state index in [-0.39, 0.29) is 0 Å². The summed E-state index contributed by atoms with van der Waals surface area (Å²) in [5.74, 6) is 0. The molecule has 1 aromatic rings. The smallest absolute Gasteiger partial charge is 0.0701 e. The zero-order chi connectivity index (χ0) is 11.1. The summed E-state index contributed by atoms with van der Waals surface area (Å²) < 4.78 is 1.22. The van der Waals surface area contributed by atoms with E-state index in [2.05, 4.69) is 59.4 Å². The molecule has 1 N–H and O–H groups in total. The van der Waals surface area contributed by atoms with Gasteiger partial charge >= 0.3 is 0 Å². The van der Waals surface area contributed by atoms with E-state index < -0.39 is 0 Å². The van der Waals surface area contributed by atoms with Crippen molar-refractivity contribution in [2.45, 2.75) is 32.7 Å². The largest absolute Gasteiger partial charge is 0.314 e. The Hall–Kier alpha value is -0.120. The minimum absolute atomic E-state index is 0.589. The summed E-state index contributed by atoms with van der Waals surface area (Å²) in [5, 5.41) is 3.39. The van der Waals surface area contributed by atoms with Gasteiger partial charge in [-0.05, 0) is 47.4 Å². The monoisotopic (exact) mass is 287 g/mol. The Morgan fingerprint density at radius 1 is 1.40 bits per heavy atom. The maximum absolute atomic E-state index is 3.47. The van der Waals surface area contributed by atoms with Crippen LogP contribution < -0.4 is 5.32 Å². The summed E-state index contributed by atoms with van der Waals surface area (Å²) in [5.41, 5.74) is 0. The zero-order valence-electron chi connectivity index (χ0n) is 9.29. The molecule has 1 rings (SSSR count). The van der Waals surface area contributed by atoms with Crippen molar-refractivity contribution in [1.82, 2.24) is 5.32 Å². The first-order valence-corrected chi connectivity index (χ1v) is 6.92. The van der Waals surface area contributed by atoms with Crippen LogP contribution in [0.15, 0.2) is 28.1 Å². The van der Waals surface area contributed by atoms with Gasteiger partial charge in [-0.1, -0.05) is 26.0 Å². The number of hydrogen-bond acceptors (Lipinski definition) is 2. The van der Waals surface area contributed by atoms with Crippen molar-refractivity contribution < 1.29 is 0 Å². The highest BCUT2D eigenvalue weighted by molar-refractivity contribution is 9.11. The average molecular weight is 288 g/mol. The molecule has 3 heteroatoms. The molecule has 84 valence electrons. The third kappa shape index (κ3) is 6.13. The lowest BCUT2D eigenvalue weighted by molar-refractivity contribution is 0.594. The highest BCUT2D eigenvalue weighted by atomic mass is 79.9. The number of nitrogens with one attached hydrogen (secondary N) is 1. The number of hydrogen-bond donors (Lipinski definition) is 1. The van der Waals surface area contributed by atoms with Crippen LogP contribution in [0, 0.1) is 0 Å². The normalized spacial score (nSPS) is 11.7. The molecular weight excluding hydrogens is 270 g/mol. The Kier molecular flexibility index (Phi) is 6.22. The van der Waals surface area contributed by atoms with E-state index in [1.54, 1.807) is 11.3 Å². The lowest BCUT2D eigenvalue weighted by atomic mass is 10.3. The van der Waals surface area contributed by atoms with Gasteiger partial charge in [0.1, 0.15) is 0 Å². The Bertz CT molecular complexity index is 304. The van der Waals surface area contributed by atoms with E-state index in [4.69, 9.17) is 0 Å². The summed E-state index contributed by atoms with van der Waals surface area (Å²) in [7, 11) is 0. The van der Waals surface area contributed by atoms with Crippen LogP contribution in [-0.4, -0.2) is 12.6 Å². The number of rotatable bonds is 6. The lowest BCUT2D eigenvalue weighted by Crippen LogP contribution is -2.23. The van der Waals surface area contributed by atoms with Crippen LogP contribution in [0.4, 0.5) is 0 Å². The molecule has 0 spiro atoms. The fourth-order valence-electron chi connectivity index (χ4n) is 1.23. The van der Waals surface area contributed by atoms with Gasteiger partial charge < -0.3 is 5.32 Å². The molecule has 1 heterocycles. The minimum atomic E-state index is 0.589. The molecule has 0 amide bonds. The number of thiophene rings is 1. The molecule has 0 bridgehead atoms. The van der Waals surface area contributed by atoms with Gasteiger partial charge in [0.2, 0.25) is 0 Å². The van der Waals surface area contributed by atoms with Crippen LogP contribution in [0.2, 0.25) is 0 Å². The van der Waals surface area contributed by atoms with Crippen LogP contribution >= 0.6 is 27.3 Å². The lowest BCUT2D eigenvalue weighted by Gasteiger charge is -2.04. The van der Waals surface area contributed by atoms with E-state index in [1.807, 2.05) is 0 Å². The maximum atomic E-state index is 3.47. The topological polar surface area (TPSA) is 12.0 Å². The first-order valence-electron chi connectivity index (χ1n) is 5.31. The Labute approximate surface area is 105 Å². The zero-order valence-corrected chi connectivity index (χ0v) is 11.7. The van der Waals surface area contributed by atoms with E-state index >= 15 is 0 Å². The number of allylic oxidation sites excluding steroid dienone is 1. The third-order valence-corrected chi connectivity index (χ3v) is 3.62. The van der Waals surface area contributed by atoms with E-state index in [1.165, 1.54) is 8.66 Å². The first kappa shape index (κ1) is 12.9. The highest BCUT2D eigenvalue weighted by Crippen LogP contribution is 2.22. The van der Waals surface area contributed by atoms with Crippen molar-refractivity contribution in [3.8, 4) is 0 Å². The highest BCUT2D eigenvalue weighted by Gasteiger charge is 1.94. The summed E-state index contributed by atoms with van der Waals surface area (Å²) >= 11 is 5.27. The fraction of sp³-hybridized carbons (Fsp3) is 0.500. The fourth-order valence-corrected chi connectivity index (χ4v) is 2.69. The molecule has 0 unspecified atom stereocenters. The summed E-state index contributed by atoms with van der Waals surface area (Å²) in [6.45, 7) is 5.42. The average Bonchev–Trinajstić information content (AvgIpc) is 2.57. The van der Waals surface area contributed by atoms with Crippen molar-refractivity contribution in [1.29, 1.82) is 0 Å². The quantitative estimate of drug-likeness (QED) is 0.616. The van der Waals surface area contributed by atoms with Crippen molar-refractivity contribution in [2.24, 2.45) is 0 Å². The Balaban J connectivity index is 2.12. The number of halogens is 1. The van der Waals surface area contributed by atoms with Crippen LogP contribution in [0.3, 0.4) is 0 Å². The van der Waals surface area contributed by atoms with Gasteiger partial charge in [-0.2, -0.15) is 0 Å². The van der Waals surface area contributed by atoms with Crippen molar-refractivity contribution in [3.05, 3.63) is 32.9 Å². The predicted molar refractivity (Wildman–Crippen MR) is 72.6 cm³/mol. The van der Waals surface area contributed by atoms with Crippen LogP contribution in [0.5, 0.6) is 0 Å². The summed E-state index contributed by atoms with van der Waals surface area (Å²) in [4.78, 5) is 1.41. The first-order chi connectivity index (χ1) is 7.18. The van der Waals surface area contributed by atoms with Gasteiger partial charge in [0.25, 0.3) is 0 Å². The van der Waals surface area contributed by atoms with E-state index in [9.17, 15) is 0 Å². The molecule has 0 radical (unpaired) electrons. The molecular formula is C12H18BrNS. The molecule has 0 aromatic carbocycles. The second-order valence-electron chi connectivity index (χ2n) is 3.78. The van der Waals surface area contributed by atoms with Gasteiger partial charge in [0.15, 0.2) is 0 Å². The van der Waals surface area contributed by atoms with Crippen molar-refractivity contribution in [2.75, 3.05) is 6.54 Å². The van der Waals surface area contributed by atoms with Gasteiger partial charge in [-0.3, -0.25) is 0 Å². The van der Waals surface area contributed by atoms with Crippen LogP contribution in [-0.2, 0) is 6.42 Å². The SMILES string of the molecule is CC(C)NCCC=CCc1ccc(Br)s1. The molecule has 0 saturated carbocycles. The van der Waals surface area contributed by atoms with Crippen LogP contribution in [0.25, 0.3) is 0 Å². The molecule has 1 aromatic heterocycles. The molecule has 0 aliphatic rings. The predicted octanol–water partition coefficient (Wildman–Crippen LogP) is 4.00. The molecule has 15 heavy (non-hydrogen) atoms. The molecule has 0 aliphatic carbocycles. The Morgan fingerprint density at radius 3 is 2.80 bits per heavy atom. The molecule has 0 saturated heterocycles. The Morgan fingerprint density at radius 2 is 2.20 bits per heavy atom. The molecule has 1 nitrogen and oxygen atoms in total. The second-order valence-corrected chi connectivity index (χ2v) is 6.33. The standard InChI is InChI=1S/C12H18BrNS/c1-10(2)14-9-5-3-4-6-11-7-8-12(13)15-11/h3-4,7-8,10,14H,5-6,9H2,1-2H3. The van der Waals surface area contributed by atoms with Gasteiger partial charge in [-0.25, -0.2) is 0 Å². The molecule has 0 aliphatic heterocycles. The molecule has 0 atom stereocenters. The van der Waals surface area contributed by atoms with E-state index in [0.717, 1.165) is 19.4 Å². The summed E-state index contributed by atoms with van der Waals surface area (Å²) in [6.07, 6.45) is 6.67. The third-order valence-electron chi connectivity index (χ3n) is 1.98. The van der Waals surface area contributed by atoms with Crippen molar-refractivity contribution in [3.63, 3.8) is 0 Å². The molecule has 0 fully saturated rings. The maximum Gasteiger partial charge on any atom is 0.0701 e. The minimum Gasteiger partial charge on any atom is -0.314 e.